The van der Waals surface area contributed by atoms with Crippen molar-refractivity contribution in [1.82, 2.24) is 4.90 Å². The third-order valence-electron chi connectivity index (χ3n) is 2.95. The summed E-state index contributed by atoms with van der Waals surface area (Å²) in [5.74, 6) is -1.03. The Bertz CT molecular complexity index is 446. The molecule has 6 heteroatoms. The Hall–Kier alpha value is -1.56. The Kier molecular flexibility index (Phi) is 4.94. The highest BCUT2D eigenvalue weighted by atomic mass is 19.4. The van der Waals surface area contributed by atoms with Gasteiger partial charge in [0.2, 0.25) is 0 Å². The fourth-order valence-corrected chi connectivity index (χ4v) is 1.99. The van der Waals surface area contributed by atoms with Gasteiger partial charge in [-0.15, -0.1) is 0 Å². The zero-order valence-corrected chi connectivity index (χ0v) is 10.7. The van der Waals surface area contributed by atoms with E-state index < -0.39 is 23.8 Å². The van der Waals surface area contributed by atoms with Gasteiger partial charge in [0.15, 0.2) is 0 Å². The first-order valence-corrected chi connectivity index (χ1v) is 5.85. The molecule has 106 valence electrons. The number of hydrogen-bond donors (Lipinski definition) is 1. The van der Waals surface area contributed by atoms with E-state index in [1.165, 1.54) is 30.1 Å². The normalized spacial score (nSPS) is 13.6. The lowest BCUT2D eigenvalue weighted by atomic mass is 10.1. The lowest BCUT2D eigenvalue weighted by Gasteiger charge is -2.25. The number of carboxylic acid groups (broad SMARTS) is 1. The van der Waals surface area contributed by atoms with Crippen molar-refractivity contribution < 1.29 is 23.1 Å². The summed E-state index contributed by atoms with van der Waals surface area (Å²) in [7, 11) is 1.51. The summed E-state index contributed by atoms with van der Waals surface area (Å²) in [5.41, 5.74) is -0.640. The van der Waals surface area contributed by atoms with E-state index in [0.29, 0.717) is 6.42 Å². The molecule has 0 bridgehead atoms. The van der Waals surface area contributed by atoms with E-state index in [9.17, 15) is 18.0 Å². The molecule has 19 heavy (non-hydrogen) atoms. The fourth-order valence-electron chi connectivity index (χ4n) is 1.99. The third-order valence-corrected chi connectivity index (χ3v) is 2.95. The Morgan fingerprint density at radius 2 is 1.95 bits per heavy atom. The number of benzene rings is 1. The highest BCUT2D eigenvalue weighted by molar-refractivity contribution is 5.73. The van der Waals surface area contributed by atoms with E-state index in [1.807, 2.05) is 0 Å². The Labute approximate surface area is 109 Å². The molecule has 0 aromatic heterocycles. The van der Waals surface area contributed by atoms with Crippen LogP contribution in [0.5, 0.6) is 0 Å². The van der Waals surface area contributed by atoms with Gasteiger partial charge in [-0.1, -0.05) is 25.1 Å². The van der Waals surface area contributed by atoms with Crippen LogP contribution in [0.4, 0.5) is 13.2 Å². The van der Waals surface area contributed by atoms with E-state index in [0.717, 1.165) is 6.07 Å². The van der Waals surface area contributed by atoms with Crippen LogP contribution in [-0.2, 0) is 17.5 Å². The average Bonchev–Trinajstić information content (AvgIpc) is 2.28. The topological polar surface area (TPSA) is 40.5 Å². The van der Waals surface area contributed by atoms with Crippen LogP contribution >= 0.6 is 0 Å². The predicted molar refractivity (Wildman–Crippen MR) is 64.6 cm³/mol. The van der Waals surface area contributed by atoms with Gasteiger partial charge in [0.25, 0.3) is 0 Å². The van der Waals surface area contributed by atoms with Gasteiger partial charge in [0, 0.05) is 6.54 Å². The summed E-state index contributed by atoms with van der Waals surface area (Å²) in [6.07, 6.45) is -4.09. The molecule has 0 aliphatic heterocycles. The van der Waals surface area contributed by atoms with Crippen LogP contribution in [0.25, 0.3) is 0 Å². The minimum Gasteiger partial charge on any atom is -0.480 e. The van der Waals surface area contributed by atoms with Crippen LogP contribution in [-0.4, -0.2) is 29.1 Å². The molecule has 0 aliphatic carbocycles. The van der Waals surface area contributed by atoms with Crippen molar-refractivity contribution >= 4 is 5.97 Å². The maximum Gasteiger partial charge on any atom is 0.416 e. The first-order valence-electron chi connectivity index (χ1n) is 5.85. The molecule has 1 aromatic carbocycles. The standard InChI is InChI=1S/C13H16F3NO2/c1-3-11(12(18)19)17(2)8-9-6-4-5-7-10(9)13(14,15)16/h4-7,11H,3,8H2,1-2H3,(H,18,19)/t11-/m1/s1. The minimum atomic E-state index is -4.43. The third kappa shape index (κ3) is 3.96. The minimum absolute atomic E-state index is 0.0551. The first-order chi connectivity index (χ1) is 8.77. The fraction of sp³-hybridized carbons (Fsp3) is 0.462. The van der Waals surface area contributed by atoms with Gasteiger partial charge in [-0.2, -0.15) is 13.2 Å². The highest BCUT2D eigenvalue weighted by Crippen LogP contribution is 2.32. The first kappa shape index (κ1) is 15.5. The second-order valence-electron chi connectivity index (χ2n) is 4.33. The van der Waals surface area contributed by atoms with E-state index in [4.69, 9.17) is 5.11 Å². The number of carboxylic acids is 1. The largest absolute Gasteiger partial charge is 0.480 e. The van der Waals surface area contributed by atoms with Gasteiger partial charge in [-0.05, 0) is 25.1 Å². The van der Waals surface area contributed by atoms with Gasteiger partial charge >= 0.3 is 12.1 Å². The number of likely N-dealkylation sites (N-methyl/N-ethyl adjacent to an activating group) is 1. The molecular weight excluding hydrogens is 259 g/mol. The molecule has 1 N–H and O–H groups in total. The van der Waals surface area contributed by atoms with Crippen LogP contribution in [0.15, 0.2) is 24.3 Å². The maximum absolute atomic E-state index is 12.8. The Balaban J connectivity index is 2.97. The van der Waals surface area contributed by atoms with Crippen molar-refractivity contribution in [2.45, 2.75) is 32.1 Å². The Morgan fingerprint density at radius 3 is 2.42 bits per heavy atom. The Morgan fingerprint density at radius 1 is 1.37 bits per heavy atom. The molecule has 1 rings (SSSR count). The van der Waals surface area contributed by atoms with E-state index >= 15 is 0 Å². The molecule has 3 nitrogen and oxygen atoms in total. The molecule has 0 heterocycles. The summed E-state index contributed by atoms with van der Waals surface area (Å²) in [4.78, 5) is 12.4. The number of rotatable bonds is 5. The van der Waals surface area contributed by atoms with Crippen molar-refractivity contribution in [2.24, 2.45) is 0 Å². The van der Waals surface area contributed by atoms with Crippen LogP contribution < -0.4 is 0 Å². The number of halogens is 3. The summed E-state index contributed by atoms with van der Waals surface area (Å²) in [6, 6.07) is 4.42. The van der Waals surface area contributed by atoms with Crippen LogP contribution in [0, 0.1) is 0 Å². The molecule has 0 amide bonds. The summed E-state index contributed by atoms with van der Waals surface area (Å²) >= 11 is 0. The molecule has 0 fully saturated rings. The molecule has 0 aliphatic rings. The second kappa shape index (κ2) is 6.06. The molecule has 0 saturated heterocycles. The molecule has 1 aromatic rings. The van der Waals surface area contributed by atoms with E-state index in [1.54, 1.807) is 6.92 Å². The van der Waals surface area contributed by atoms with E-state index in [-0.39, 0.29) is 12.1 Å². The lowest BCUT2D eigenvalue weighted by Crippen LogP contribution is -2.37. The van der Waals surface area contributed by atoms with Crippen molar-refractivity contribution in [3.05, 3.63) is 35.4 Å². The monoisotopic (exact) mass is 275 g/mol. The summed E-state index contributed by atoms with van der Waals surface area (Å²) in [6.45, 7) is 1.63. The van der Waals surface area contributed by atoms with Gasteiger partial charge in [0.05, 0.1) is 5.56 Å². The smallest absolute Gasteiger partial charge is 0.416 e. The molecule has 0 unspecified atom stereocenters. The number of nitrogens with zero attached hydrogens (tertiary/aromatic N) is 1. The molecule has 0 saturated carbocycles. The van der Waals surface area contributed by atoms with Gasteiger partial charge < -0.3 is 5.11 Å². The average molecular weight is 275 g/mol. The zero-order valence-electron chi connectivity index (χ0n) is 10.7. The molecular formula is C13H16F3NO2. The van der Waals surface area contributed by atoms with Gasteiger partial charge in [-0.25, -0.2) is 0 Å². The van der Waals surface area contributed by atoms with Crippen molar-refractivity contribution in [2.75, 3.05) is 7.05 Å². The number of hydrogen-bond acceptors (Lipinski definition) is 2. The van der Waals surface area contributed by atoms with Crippen LogP contribution in [0.1, 0.15) is 24.5 Å². The SMILES string of the molecule is CC[C@H](C(=O)O)N(C)Cc1ccccc1C(F)(F)F. The van der Waals surface area contributed by atoms with E-state index in [2.05, 4.69) is 0 Å². The maximum atomic E-state index is 12.8. The van der Waals surface area contributed by atoms with Crippen LogP contribution in [0.2, 0.25) is 0 Å². The zero-order chi connectivity index (χ0) is 14.6. The molecule has 0 spiro atoms. The molecule has 1 atom stereocenters. The van der Waals surface area contributed by atoms with Crippen molar-refractivity contribution in [3.8, 4) is 0 Å². The highest BCUT2D eigenvalue weighted by Gasteiger charge is 2.33. The van der Waals surface area contributed by atoms with Crippen LogP contribution in [0.3, 0.4) is 0 Å². The summed E-state index contributed by atoms with van der Waals surface area (Å²) in [5, 5.41) is 8.99. The number of aliphatic carboxylic acids is 1. The quantitative estimate of drug-likeness (QED) is 0.898. The van der Waals surface area contributed by atoms with Gasteiger partial charge in [-0.3, -0.25) is 9.69 Å². The second-order valence-corrected chi connectivity index (χ2v) is 4.33. The van der Waals surface area contributed by atoms with Crippen molar-refractivity contribution in [3.63, 3.8) is 0 Å². The predicted octanol–water partition coefficient (Wildman–Crippen LogP) is 3.00. The number of carbonyl (C=O) groups is 1. The van der Waals surface area contributed by atoms with Gasteiger partial charge in [0.1, 0.15) is 6.04 Å². The summed E-state index contributed by atoms with van der Waals surface area (Å²) < 4.78 is 38.4. The molecule has 0 radical (unpaired) electrons. The number of alkyl halides is 3. The van der Waals surface area contributed by atoms with Crippen molar-refractivity contribution in [1.29, 1.82) is 0 Å². The lowest BCUT2D eigenvalue weighted by molar-refractivity contribution is -0.143.